The minimum Gasteiger partial charge on any atom is -0.423 e. The van der Waals surface area contributed by atoms with Crippen molar-refractivity contribution in [2.45, 2.75) is 13.8 Å². The number of aromatic nitrogens is 2. The minimum absolute atomic E-state index is 0.0902. The SMILES string of the molecule is Cc1cc2oc3nc4ccccc4c(=O)n3c2cc1C. The van der Waals surface area contributed by atoms with Crippen molar-refractivity contribution in [2.75, 3.05) is 0 Å². The number of hydrogen-bond acceptors (Lipinski definition) is 3. The van der Waals surface area contributed by atoms with Gasteiger partial charge in [0.15, 0.2) is 5.58 Å². The molecule has 98 valence electrons. The summed E-state index contributed by atoms with van der Waals surface area (Å²) in [6.07, 6.45) is 0. The monoisotopic (exact) mass is 264 g/mol. The van der Waals surface area contributed by atoms with Crippen LogP contribution in [0.4, 0.5) is 0 Å². The van der Waals surface area contributed by atoms with Gasteiger partial charge in [-0.15, -0.1) is 0 Å². The number of nitrogens with zero attached hydrogens (tertiary/aromatic N) is 2. The van der Waals surface area contributed by atoms with E-state index in [-0.39, 0.29) is 5.56 Å². The van der Waals surface area contributed by atoms with E-state index in [0.29, 0.717) is 22.3 Å². The molecule has 0 saturated heterocycles. The zero-order chi connectivity index (χ0) is 13.9. The van der Waals surface area contributed by atoms with Gasteiger partial charge in [-0.25, -0.2) is 4.40 Å². The van der Waals surface area contributed by atoms with Gasteiger partial charge in [0.2, 0.25) is 0 Å². The van der Waals surface area contributed by atoms with Crippen LogP contribution in [0.3, 0.4) is 0 Å². The maximum atomic E-state index is 12.6. The molecule has 0 aliphatic carbocycles. The molecule has 0 N–H and O–H groups in total. The largest absolute Gasteiger partial charge is 0.423 e. The molecule has 0 bridgehead atoms. The van der Waals surface area contributed by atoms with Gasteiger partial charge in [0.05, 0.1) is 16.4 Å². The highest BCUT2D eigenvalue weighted by atomic mass is 16.4. The van der Waals surface area contributed by atoms with Crippen LogP contribution >= 0.6 is 0 Å². The number of fused-ring (bicyclic) bond motifs is 4. The van der Waals surface area contributed by atoms with Crippen LogP contribution in [0.5, 0.6) is 0 Å². The molecule has 0 fully saturated rings. The number of hydrogen-bond donors (Lipinski definition) is 0. The predicted octanol–water partition coefficient (Wildman–Crippen LogP) is 3.21. The Labute approximate surface area is 114 Å². The van der Waals surface area contributed by atoms with E-state index < -0.39 is 0 Å². The summed E-state index contributed by atoms with van der Waals surface area (Å²) in [6.45, 7) is 4.04. The Hall–Kier alpha value is -2.62. The van der Waals surface area contributed by atoms with E-state index in [1.807, 2.05) is 44.2 Å². The molecule has 0 aliphatic heterocycles. The van der Waals surface area contributed by atoms with E-state index in [2.05, 4.69) is 4.98 Å². The molecule has 0 aliphatic rings. The van der Waals surface area contributed by atoms with Crippen LogP contribution in [0.15, 0.2) is 45.6 Å². The second kappa shape index (κ2) is 3.70. The van der Waals surface area contributed by atoms with Crippen LogP contribution in [0.2, 0.25) is 0 Å². The standard InChI is InChI=1S/C16H12N2O2/c1-9-7-13-14(8-10(9)2)20-16-17-12-6-4-3-5-11(12)15(19)18(13)16/h3-8H,1-2H3. The molecule has 0 atom stereocenters. The number of para-hydroxylation sites is 1. The van der Waals surface area contributed by atoms with Gasteiger partial charge in [-0.2, -0.15) is 4.98 Å². The fraction of sp³-hybridized carbons (Fsp3) is 0.125. The minimum atomic E-state index is -0.0902. The molecule has 0 amide bonds. The number of rotatable bonds is 0. The van der Waals surface area contributed by atoms with Crippen LogP contribution in [-0.4, -0.2) is 9.38 Å². The van der Waals surface area contributed by atoms with E-state index in [1.165, 1.54) is 0 Å². The highest BCUT2D eigenvalue weighted by Crippen LogP contribution is 2.23. The predicted molar refractivity (Wildman–Crippen MR) is 78.2 cm³/mol. The van der Waals surface area contributed by atoms with E-state index >= 15 is 0 Å². The van der Waals surface area contributed by atoms with E-state index in [9.17, 15) is 4.79 Å². The maximum absolute atomic E-state index is 12.6. The van der Waals surface area contributed by atoms with E-state index in [4.69, 9.17) is 4.42 Å². The Morgan fingerprint density at radius 1 is 1.10 bits per heavy atom. The van der Waals surface area contributed by atoms with Gasteiger partial charge in [0.1, 0.15) is 0 Å². The van der Waals surface area contributed by atoms with Crippen LogP contribution in [0.1, 0.15) is 11.1 Å². The third-order valence-electron chi connectivity index (χ3n) is 3.76. The summed E-state index contributed by atoms with van der Waals surface area (Å²) in [5.41, 5.74) is 4.28. The number of aryl methyl sites for hydroxylation is 2. The lowest BCUT2D eigenvalue weighted by atomic mass is 10.1. The van der Waals surface area contributed by atoms with Gasteiger partial charge in [-0.1, -0.05) is 12.1 Å². The zero-order valence-electron chi connectivity index (χ0n) is 11.2. The first-order valence-corrected chi connectivity index (χ1v) is 6.46. The van der Waals surface area contributed by atoms with Crippen molar-refractivity contribution in [1.29, 1.82) is 0 Å². The normalized spacial score (nSPS) is 11.7. The Kier molecular flexibility index (Phi) is 2.07. The molecular weight excluding hydrogens is 252 g/mol. The lowest BCUT2D eigenvalue weighted by molar-refractivity contribution is 0.636. The average molecular weight is 264 g/mol. The Balaban J connectivity index is 2.32. The Bertz CT molecular complexity index is 1040. The molecule has 2 aromatic carbocycles. The van der Waals surface area contributed by atoms with Crippen molar-refractivity contribution in [3.63, 3.8) is 0 Å². The summed E-state index contributed by atoms with van der Waals surface area (Å²) in [5, 5.41) is 0.603. The molecular formula is C16H12N2O2. The van der Waals surface area contributed by atoms with Gasteiger partial charge < -0.3 is 4.42 Å². The van der Waals surface area contributed by atoms with E-state index in [0.717, 1.165) is 16.6 Å². The second-order valence-electron chi connectivity index (χ2n) is 5.06. The second-order valence-corrected chi connectivity index (χ2v) is 5.06. The highest BCUT2D eigenvalue weighted by Gasteiger charge is 2.13. The smallest absolute Gasteiger partial charge is 0.310 e. The first-order valence-electron chi connectivity index (χ1n) is 6.46. The van der Waals surface area contributed by atoms with E-state index in [1.54, 1.807) is 10.5 Å². The molecule has 2 aromatic heterocycles. The van der Waals surface area contributed by atoms with Crippen molar-refractivity contribution < 1.29 is 4.42 Å². The molecule has 0 saturated carbocycles. The van der Waals surface area contributed by atoms with Gasteiger partial charge in [0.25, 0.3) is 5.56 Å². The maximum Gasteiger partial charge on any atom is 0.310 e. The van der Waals surface area contributed by atoms with Crippen molar-refractivity contribution in [1.82, 2.24) is 9.38 Å². The van der Waals surface area contributed by atoms with Crippen LogP contribution in [0, 0.1) is 13.8 Å². The van der Waals surface area contributed by atoms with Crippen LogP contribution in [-0.2, 0) is 0 Å². The van der Waals surface area contributed by atoms with Crippen molar-refractivity contribution in [2.24, 2.45) is 0 Å². The highest BCUT2D eigenvalue weighted by molar-refractivity contribution is 5.84. The number of benzene rings is 2. The fourth-order valence-corrected chi connectivity index (χ4v) is 2.52. The summed E-state index contributed by atoms with van der Waals surface area (Å²) in [6, 6.07) is 11.2. The van der Waals surface area contributed by atoms with Crippen LogP contribution in [0.25, 0.3) is 27.8 Å². The molecule has 4 aromatic rings. The first-order chi connectivity index (χ1) is 9.65. The van der Waals surface area contributed by atoms with Crippen molar-refractivity contribution in [3.8, 4) is 0 Å². The third-order valence-corrected chi connectivity index (χ3v) is 3.76. The van der Waals surface area contributed by atoms with Gasteiger partial charge in [0, 0.05) is 0 Å². The first kappa shape index (κ1) is 11.2. The fourth-order valence-electron chi connectivity index (χ4n) is 2.52. The van der Waals surface area contributed by atoms with Gasteiger partial charge in [-0.05, 0) is 49.2 Å². The molecule has 0 unspecified atom stereocenters. The lowest BCUT2D eigenvalue weighted by Gasteiger charge is -1.99. The molecule has 4 nitrogen and oxygen atoms in total. The van der Waals surface area contributed by atoms with Crippen molar-refractivity contribution >= 4 is 27.8 Å². The summed E-state index contributed by atoms with van der Waals surface area (Å²) in [7, 11) is 0. The van der Waals surface area contributed by atoms with Crippen LogP contribution < -0.4 is 5.56 Å². The van der Waals surface area contributed by atoms with Gasteiger partial charge >= 0.3 is 5.84 Å². The Morgan fingerprint density at radius 2 is 1.85 bits per heavy atom. The summed E-state index contributed by atoms with van der Waals surface area (Å²) < 4.78 is 7.27. The summed E-state index contributed by atoms with van der Waals surface area (Å²) >= 11 is 0. The topological polar surface area (TPSA) is 47.5 Å². The molecule has 2 heterocycles. The Morgan fingerprint density at radius 3 is 2.70 bits per heavy atom. The van der Waals surface area contributed by atoms with Crippen molar-refractivity contribution in [3.05, 3.63) is 57.9 Å². The summed E-state index contributed by atoms with van der Waals surface area (Å²) in [4.78, 5) is 17.1. The van der Waals surface area contributed by atoms with Gasteiger partial charge in [-0.3, -0.25) is 4.79 Å². The zero-order valence-corrected chi connectivity index (χ0v) is 11.2. The average Bonchev–Trinajstić information content (AvgIpc) is 2.77. The lowest BCUT2D eigenvalue weighted by Crippen LogP contribution is -2.13. The summed E-state index contributed by atoms with van der Waals surface area (Å²) in [5.74, 6) is 0.341. The number of oxazole rings is 1. The third kappa shape index (κ3) is 1.36. The molecule has 4 heteroatoms. The molecule has 0 spiro atoms. The quantitative estimate of drug-likeness (QED) is 0.490. The molecule has 20 heavy (non-hydrogen) atoms. The molecule has 0 radical (unpaired) electrons. The molecule has 4 rings (SSSR count).